The van der Waals surface area contributed by atoms with E-state index in [4.69, 9.17) is 28.4 Å². The number of rotatable bonds is 6. The quantitative estimate of drug-likeness (QED) is 0.174. The van der Waals surface area contributed by atoms with E-state index in [1.165, 1.54) is 0 Å². The van der Waals surface area contributed by atoms with Crippen LogP contribution in [-0.2, 0) is 14.1 Å². The molecule has 0 unspecified atom stereocenters. The van der Waals surface area contributed by atoms with Gasteiger partial charge in [-0.25, -0.2) is 0 Å². The molecule has 6 aromatic carbocycles. The predicted octanol–water partition coefficient (Wildman–Crippen LogP) is 13.4. The molecule has 6 heterocycles. The summed E-state index contributed by atoms with van der Waals surface area (Å²) in [4.78, 5) is 0. The van der Waals surface area contributed by atoms with Gasteiger partial charge in [0.1, 0.15) is 0 Å². The van der Waals surface area contributed by atoms with Crippen LogP contribution in [0.4, 0.5) is 0 Å². The first kappa shape index (κ1) is 44.4. The van der Waals surface area contributed by atoms with E-state index >= 15 is 0 Å². The molecule has 1 N–H and O–H groups in total. The fourth-order valence-electron chi connectivity index (χ4n) is 7.49. The van der Waals surface area contributed by atoms with E-state index in [0.29, 0.717) is 0 Å². The van der Waals surface area contributed by atoms with Crippen molar-refractivity contribution in [3.05, 3.63) is 159 Å². The summed E-state index contributed by atoms with van der Waals surface area (Å²) in [5.74, 6) is 4.68. The summed E-state index contributed by atoms with van der Waals surface area (Å²) in [5, 5.41) is 16.7. The first-order valence-electron chi connectivity index (χ1n) is 20.3. The maximum atomic E-state index is 5.45. The fraction of sp³-hybridized carbons (Fsp3) is 0.118. The lowest BCUT2D eigenvalue weighted by Crippen LogP contribution is -1.94. The lowest BCUT2D eigenvalue weighted by molar-refractivity contribution is 0.173. The summed E-state index contributed by atoms with van der Waals surface area (Å²) in [6.45, 7) is 0.850. The van der Waals surface area contributed by atoms with Crippen LogP contribution in [0.1, 0.15) is 7.43 Å². The van der Waals surface area contributed by atoms with Gasteiger partial charge in [-0.2, -0.15) is 15.3 Å². The molecule has 0 spiro atoms. The summed E-state index contributed by atoms with van der Waals surface area (Å²) in [6.07, 6.45) is 0. The second-order valence-electron chi connectivity index (χ2n) is 15.0. The summed E-state index contributed by atoms with van der Waals surface area (Å²) >= 11 is 10.5. The SMILES string of the molecule is Brc1cccc(-c2cc(-c3ccc4c(c3)OCO4)[nH]n2)c1.C.Cn1nc(-c2ccc3c(c2)OCO3)cc1-c1cccc(Br)c1.Cn1nc(-c2cccc(Br)c2)cc1-c1ccc2c(c1)OCO2. The monoisotopic (exact) mass is 1070 g/mol. The zero-order valence-corrected chi connectivity index (χ0v) is 39.6. The number of aryl methyl sites for hydroxylation is 2. The van der Waals surface area contributed by atoms with Crippen molar-refractivity contribution >= 4 is 47.8 Å². The van der Waals surface area contributed by atoms with Gasteiger partial charge in [-0.3, -0.25) is 14.5 Å². The number of ether oxygens (including phenoxy) is 6. The average Bonchev–Trinajstić information content (AvgIpc) is 4.19. The van der Waals surface area contributed by atoms with Gasteiger partial charge in [0.25, 0.3) is 0 Å². The molecule has 0 saturated carbocycles. The van der Waals surface area contributed by atoms with Crippen molar-refractivity contribution in [1.29, 1.82) is 0 Å². The summed E-state index contributed by atoms with van der Waals surface area (Å²) in [6, 6.07) is 48.3. The Morgan fingerprint density at radius 3 is 1.30 bits per heavy atom. The number of hydrogen-bond donors (Lipinski definition) is 1. The molecule has 0 fully saturated rings. The maximum absolute atomic E-state index is 5.45. The van der Waals surface area contributed by atoms with Crippen LogP contribution in [-0.4, -0.2) is 50.1 Å². The lowest BCUT2D eigenvalue weighted by Gasteiger charge is -2.03. The van der Waals surface area contributed by atoms with E-state index in [1.54, 1.807) is 0 Å². The highest BCUT2D eigenvalue weighted by Gasteiger charge is 2.19. The Morgan fingerprint density at radius 2 is 0.788 bits per heavy atom. The smallest absolute Gasteiger partial charge is 0.231 e. The highest BCUT2D eigenvalue weighted by atomic mass is 79.9. The van der Waals surface area contributed by atoms with Crippen LogP contribution in [0.15, 0.2) is 159 Å². The Bertz CT molecular complexity index is 3200. The third-order valence-corrected chi connectivity index (χ3v) is 12.2. The third-order valence-electron chi connectivity index (χ3n) is 10.7. The Labute approximate surface area is 406 Å². The van der Waals surface area contributed by atoms with Crippen molar-refractivity contribution in [3.8, 4) is 102 Å². The summed E-state index contributed by atoms with van der Waals surface area (Å²) in [7, 11) is 3.90. The van der Waals surface area contributed by atoms with E-state index in [-0.39, 0.29) is 27.8 Å². The Hall–Kier alpha value is -6.81. The minimum Gasteiger partial charge on any atom is -0.454 e. The molecule has 332 valence electrons. The van der Waals surface area contributed by atoms with Gasteiger partial charge >= 0.3 is 0 Å². The highest BCUT2D eigenvalue weighted by Crippen LogP contribution is 2.39. The van der Waals surface area contributed by atoms with E-state index in [0.717, 1.165) is 115 Å². The van der Waals surface area contributed by atoms with E-state index in [2.05, 4.69) is 105 Å². The topological polar surface area (TPSA) is 120 Å². The zero-order valence-electron chi connectivity index (χ0n) is 34.8. The normalized spacial score (nSPS) is 12.4. The second-order valence-corrected chi connectivity index (χ2v) is 17.7. The van der Waals surface area contributed by atoms with E-state index in [9.17, 15) is 0 Å². The molecule has 9 aromatic rings. The molecule has 15 heteroatoms. The van der Waals surface area contributed by atoms with Crippen LogP contribution < -0.4 is 28.4 Å². The van der Waals surface area contributed by atoms with Gasteiger partial charge in [0.05, 0.1) is 34.2 Å². The average molecular weight is 1070 g/mol. The molecule has 12 nitrogen and oxygen atoms in total. The number of halogens is 3. The summed E-state index contributed by atoms with van der Waals surface area (Å²) < 4.78 is 39.2. The lowest BCUT2D eigenvalue weighted by atomic mass is 10.1. The molecule has 0 aliphatic carbocycles. The van der Waals surface area contributed by atoms with Crippen molar-refractivity contribution in [2.75, 3.05) is 20.4 Å². The van der Waals surface area contributed by atoms with Crippen LogP contribution in [0.5, 0.6) is 34.5 Å². The largest absolute Gasteiger partial charge is 0.454 e. The molecular formula is C51H41Br3N6O6. The van der Waals surface area contributed by atoms with Gasteiger partial charge in [0, 0.05) is 60.9 Å². The molecule has 3 aliphatic heterocycles. The Morgan fingerprint density at radius 1 is 0.409 bits per heavy atom. The molecule has 3 aliphatic rings. The number of H-pyrrole nitrogens is 1. The van der Waals surface area contributed by atoms with Gasteiger partial charge in [0.2, 0.25) is 20.4 Å². The maximum Gasteiger partial charge on any atom is 0.231 e. The Balaban J connectivity index is 0.000000124. The standard InChI is InChI=1S/2C17H13BrN2O2.C16H11BrN2O2.CH4/c1-20-15(12-3-2-4-13(18)7-12)9-14(19-20)11-5-6-16-17(8-11)22-10-21-16;1-20-15(12-5-6-16-17(8-12)22-10-21-16)9-14(19-20)11-3-2-4-13(18)7-11;17-12-3-1-2-10(6-12)13-8-14(19-18-13)11-4-5-15-16(7-11)21-9-20-15;/h2*2-9H,10H2,1H3;1-8H,9H2,(H,18,19);1H4. The van der Waals surface area contributed by atoms with E-state index < -0.39 is 0 Å². The fourth-order valence-corrected chi connectivity index (χ4v) is 8.69. The van der Waals surface area contributed by atoms with Crippen molar-refractivity contribution in [1.82, 2.24) is 29.8 Å². The summed E-state index contributed by atoms with van der Waals surface area (Å²) in [5.41, 5.74) is 12.2. The van der Waals surface area contributed by atoms with Gasteiger partial charge in [-0.15, -0.1) is 0 Å². The first-order chi connectivity index (χ1) is 31.7. The molecule has 3 aromatic heterocycles. The number of hydrogen-bond acceptors (Lipinski definition) is 9. The highest BCUT2D eigenvalue weighted by molar-refractivity contribution is 9.11. The molecule has 66 heavy (non-hydrogen) atoms. The molecule has 0 bridgehead atoms. The van der Waals surface area contributed by atoms with Crippen LogP contribution in [0.3, 0.4) is 0 Å². The van der Waals surface area contributed by atoms with Crippen LogP contribution >= 0.6 is 47.8 Å². The molecule has 0 atom stereocenters. The van der Waals surface area contributed by atoms with Crippen molar-refractivity contribution in [2.24, 2.45) is 14.1 Å². The van der Waals surface area contributed by atoms with Crippen molar-refractivity contribution in [2.45, 2.75) is 7.43 Å². The molecule has 12 rings (SSSR count). The minimum atomic E-state index is 0. The number of aromatic nitrogens is 6. The predicted molar refractivity (Wildman–Crippen MR) is 266 cm³/mol. The molecule has 0 radical (unpaired) electrons. The van der Waals surface area contributed by atoms with Gasteiger partial charge in [-0.05, 0) is 109 Å². The van der Waals surface area contributed by atoms with Crippen LogP contribution in [0, 0.1) is 0 Å². The van der Waals surface area contributed by atoms with Crippen LogP contribution in [0.25, 0.3) is 67.5 Å². The van der Waals surface area contributed by atoms with Crippen LogP contribution in [0.2, 0.25) is 0 Å². The van der Waals surface area contributed by atoms with Gasteiger partial charge < -0.3 is 28.4 Å². The first-order valence-corrected chi connectivity index (χ1v) is 22.7. The number of nitrogens with one attached hydrogen (secondary N) is 1. The number of benzene rings is 6. The Kier molecular flexibility index (Phi) is 13.0. The van der Waals surface area contributed by atoms with Gasteiger partial charge in [0.15, 0.2) is 34.5 Å². The molecule has 0 amide bonds. The van der Waals surface area contributed by atoms with E-state index in [1.807, 2.05) is 133 Å². The van der Waals surface area contributed by atoms with Gasteiger partial charge in [-0.1, -0.05) is 91.6 Å². The number of aromatic amines is 1. The minimum absolute atomic E-state index is 0. The third kappa shape index (κ3) is 9.59. The van der Waals surface area contributed by atoms with Crippen molar-refractivity contribution in [3.63, 3.8) is 0 Å². The number of fused-ring (bicyclic) bond motifs is 3. The van der Waals surface area contributed by atoms with Crippen molar-refractivity contribution < 1.29 is 28.4 Å². The second kappa shape index (κ2) is 19.3. The number of nitrogens with zero attached hydrogens (tertiary/aromatic N) is 5. The molecule has 0 saturated heterocycles. The zero-order chi connectivity index (χ0) is 44.4. The molecular weight excluding hydrogens is 1030 g/mol.